The second kappa shape index (κ2) is 28.3. The molecule has 0 saturated carbocycles. The summed E-state index contributed by atoms with van der Waals surface area (Å²) in [5, 5.41) is 52.3. The quantitative estimate of drug-likeness (QED) is 0.0613. The molecule has 0 aromatic rings. The van der Waals surface area contributed by atoms with Gasteiger partial charge >= 0.3 is 0 Å². The van der Waals surface area contributed by atoms with Crippen molar-refractivity contribution in [2.75, 3.05) is 46.3 Å². The second-order valence-corrected chi connectivity index (χ2v) is 9.32. The van der Waals surface area contributed by atoms with Crippen LogP contribution in [0.2, 0.25) is 0 Å². The molecule has 0 rings (SSSR count). The van der Waals surface area contributed by atoms with Gasteiger partial charge in [-0.15, -0.1) is 6.54 Å². The van der Waals surface area contributed by atoms with Crippen LogP contribution in [0.4, 0.5) is 0 Å². The average Bonchev–Trinajstić information content (AvgIpc) is 2.91. The molecule has 0 amide bonds. The Hall–Kier alpha value is -2.76. The lowest BCUT2D eigenvalue weighted by Gasteiger charge is -2.23. The lowest BCUT2D eigenvalue weighted by Crippen LogP contribution is -2.35. The molecule has 12 heteroatoms. The summed E-state index contributed by atoms with van der Waals surface area (Å²) >= 11 is 0. The maximum Gasteiger partial charge on any atom is 0.156 e. The first kappa shape index (κ1) is 36.2. The summed E-state index contributed by atoms with van der Waals surface area (Å²) in [6, 6.07) is -0.280. The Kier molecular flexibility index (Phi) is 26.3. The van der Waals surface area contributed by atoms with Gasteiger partial charge in [0.25, 0.3) is 0 Å². The monoisotopic (exact) mass is 553 g/mol. The summed E-state index contributed by atoms with van der Waals surface area (Å²) in [5.41, 5.74) is 0. The van der Waals surface area contributed by atoms with E-state index in [1.165, 1.54) is 45.4 Å². The molecule has 0 aromatic heterocycles. The highest BCUT2D eigenvalue weighted by Crippen LogP contribution is 2.08. The van der Waals surface area contributed by atoms with Crippen molar-refractivity contribution in [3.8, 4) is 0 Å². The Morgan fingerprint density at radius 2 is 0.974 bits per heavy atom. The molecule has 0 spiro atoms. The third kappa shape index (κ3) is 29.6. The highest BCUT2D eigenvalue weighted by atomic mass is 17.2. The molecule has 0 aliphatic rings. The molecular formula is C27H49N6O6-5. The van der Waals surface area contributed by atoms with Gasteiger partial charge in [-0.2, -0.15) is 7.05 Å². The van der Waals surface area contributed by atoms with E-state index in [0.717, 1.165) is 45.1 Å². The molecule has 0 atom stereocenters. The number of aliphatic imine (C=N–C) groups is 4. The van der Waals surface area contributed by atoms with E-state index in [0.29, 0.717) is 38.9 Å². The number of hydrogen-bond acceptors (Lipinski definition) is 10. The zero-order chi connectivity index (χ0) is 28.8. The maximum atomic E-state index is 11.7. The van der Waals surface area contributed by atoms with Gasteiger partial charge in [0.05, 0.1) is 0 Å². The molecule has 0 aliphatic carbocycles. The van der Waals surface area contributed by atoms with Crippen molar-refractivity contribution in [1.82, 2.24) is 5.32 Å². The highest BCUT2D eigenvalue weighted by Gasteiger charge is 1.93. The van der Waals surface area contributed by atoms with E-state index in [1.807, 2.05) is 7.05 Å². The lowest BCUT2D eigenvalue weighted by atomic mass is 10.1. The molecule has 0 unspecified atom stereocenters. The standard InChI is InChI=1S/C27H53N6O6/c1-24(34)29-19-13-9-10-15-22-32-26(36)38-39-27(37)33-23-17-11-16-21-31-25(35)30-20-14-8-6-4-3-5-7-12-18-28-2/h3-23H2,1-2H3,(H,29,34)(H,32,36)(H,33,37)(H2,30,31,35)/q-1/p-4. The number of nitrogens with zero attached hydrogens (tertiary/aromatic N) is 5. The normalized spacial score (nSPS) is 13.1. The van der Waals surface area contributed by atoms with Gasteiger partial charge in [-0.25, -0.2) is 0 Å². The molecule has 0 aromatic carbocycles. The molecular weight excluding hydrogens is 504 g/mol. The van der Waals surface area contributed by atoms with Gasteiger partial charge in [-0.3, -0.25) is 15.0 Å². The minimum atomic E-state index is -0.986. The summed E-state index contributed by atoms with van der Waals surface area (Å²) in [7, 11) is 1.86. The van der Waals surface area contributed by atoms with Crippen molar-refractivity contribution in [2.45, 2.75) is 103 Å². The van der Waals surface area contributed by atoms with Crippen LogP contribution in [0.5, 0.6) is 0 Å². The predicted molar refractivity (Wildman–Crippen MR) is 148 cm³/mol. The van der Waals surface area contributed by atoms with E-state index in [2.05, 4.69) is 40.4 Å². The second-order valence-electron chi connectivity index (χ2n) is 9.32. The summed E-state index contributed by atoms with van der Waals surface area (Å²) in [5.74, 6) is -0.172. The first-order valence-electron chi connectivity index (χ1n) is 14.4. The van der Waals surface area contributed by atoms with Crippen molar-refractivity contribution >= 4 is 24.1 Å². The molecule has 39 heavy (non-hydrogen) atoms. The zero-order valence-electron chi connectivity index (χ0n) is 24.0. The van der Waals surface area contributed by atoms with E-state index in [9.17, 15) is 20.4 Å². The van der Waals surface area contributed by atoms with Crippen LogP contribution < -0.4 is 25.7 Å². The molecule has 0 aliphatic heterocycles. The summed E-state index contributed by atoms with van der Waals surface area (Å²) in [6.45, 7) is 4.47. The van der Waals surface area contributed by atoms with Gasteiger partial charge in [-0.1, -0.05) is 57.8 Å². The van der Waals surface area contributed by atoms with Crippen LogP contribution in [-0.4, -0.2) is 70.4 Å². The van der Waals surface area contributed by atoms with Gasteiger partial charge in [0.1, 0.15) is 0 Å². The molecule has 0 heterocycles. The summed E-state index contributed by atoms with van der Waals surface area (Å²) < 4.78 is 0. The van der Waals surface area contributed by atoms with Gasteiger partial charge in [0.15, 0.2) is 12.2 Å². The Bertz CT molecular complexity index is 684. The van der Waals surface area contributed by atoms with E-state index in [1.54, 1.807) is 0 Å². The first-order chi connectivity index (χ1) is 19.0. The van der Waals surface area contributed by atoms with Crippen LogP contribution >= 0.6 is 0 Å². The number of amidine groups is 1. The largest absolute Gasteiger partial charge is 0.862 e. The Labute approximate surface area is 234 Å². The molecule has 12 nitrogen and oxygen atoms in total. The Morgan fingerprint density at radius 3 is 1.49 bits per heavy atom. The maximum absolute atomic E-state index is 11.7. The van der Waals surface area contributed by atoms with Gasteiger partial charge < -0.3 is 45.8 Å². The lowest BCUT2D eigenvalue weighted by molar-refractivity contribution is -0.350. The minimum absolute atomic E-state index is 0.172. The predicted octanol–water partition coefficient (Wildman–Crippen LogP) is 1.31. The van der Waals surface area contributed by atoms with Crippen LogP contribution in [0, 0.1) is 0 Å². The average molecular weight is 554 g/mol. The fraction of sp³-hybridized carbons (Fsp3) is 0.852. The topological polar surface area (TPSA) is 186 Å². The zero-order valence-corrected chi connectivity index (χ0v) is 24.0. The SMILES string of the molecule is C[N-]CCCCCCCCCCNC([O-])=NCCCCCN=C([O-])OOC([O-])=NCCCCCCN=C(C)[O-]. The van der Waals surface area contributed by atoms with E-state index in [-0.39, 0.29) is 25.0 Å². The molecule has 1 N–H and O–H groups in total. The minimum Gasteiger partial charge on any atom is -0.862 e. The van der Waals surface area contributed by atoms with Crippen LogP contribution in [0.25, 0.3) is 5.32 Å². The van der Waals surface area contributed by atoms with E-state index in [4.69, 9.17) is 0 Å². The van der Waals surface area contributed by atoms with Crippen LogP contribution in [0.1, 0.15) is 103 Å². The number of rotatable bonds is 24. The number of unbranched alkanes of at least 4 members (excludes halogenated alkanes) is 12. The van der Waals surface area contributed by atoms with Gasteiger partial charge in [0.2, 0.25) is 0 Å². The van der Waals surface area contributed by atoms with E-state index < -0.39 is 12.2 Å². The van der Waals surface area contributed by atoms with Crippen molar-refractivity contribution in [3.63, 3.8) is 0 Å². The molecule has 0 saturated heterocycles. The molecule has 0 radical (unpaired) electrons. The molecule has 0 bridgehead atoms. The van der Waals surface area contributed by atoms with Crippen molar-refractivity contribution < 1.29 is 30.2 Å². The summed E-state index contributed by atoms with van der Waals surface area (Å²) in [6.07, 6.45) is 12.9. The number of hydrogen-bond donors (Lipinski definition) is 1. The van der Waals surface area contributed by atoms with Crippen LogP contribution in [-0.2, 0) is 9.78 Å². The van der Waals surface area contributed by atoms with E-state index >= 15 is 0 Å². The van der Waals surface area contributed by atoms with Crippen LogP contribution in [0.3, 0.4) is 0 Å². The van der Waals surface area contributed by atoms with Crippen molar-refractivity contribution in [1.29, 1.82) is 0 Å². The molecule has 228 valence electrons. The third-order valence-electron chi connectivity index (χ3n) is 5.72. The van der Waals surface area contributed by atoms with Crippen molar-refractivity contribution in [3.05, 3.63) is 5.32 Å². The summed E-state index contributed by atoms with van der Waals surface area (Å²) in [4.78, 5) is 23.7. The van der Waals surface area contributed by atoms with Crippen molar-refractivity contribution in [2.24, 2.45) is 20.0 Å². The van der Waals surface area contributed by atoms with Gasteiger partial charge in [0, 0.05) is 38.7 Å². The van der Waals surface area contributed by atoms with Gasteiger partial charge in [-0.05, 0) is 51.3 Å². The third-order valence-corrected chi connectivity index (χ3v) is 5.72. The fourth-order valence-corrected chi connectivity index (χ4v) is 3.57. The fourth-order valence-electron chi connectivity index (χ4n) is 3.57. The highest BCUT2D eigenvalue weighted by molar-refractivity contribution is 5.68. The Balaban J connectivity index is 3.60. The van der Waals surface area contributed by atoms with Crippen LogP contribution in [0.15, 0.2) is 20.0 Å². The number of nitrogens with one attached hydrogen (secondary N) is 1. The smallest absolute Gasteiger partial charge is 0.156 e. The molecule has 0 fully saturated rings. The first-order valence-corrected chi connectivity index (χ1v) is 14.4. The Morgan fingerprint density at radius 1 is 0.564 bits per heavy atom.